The lowest BCUT2D eigenvalue weighted by atomic mass is 10.0. The van der Waals surface area contributed by atoms with Crippen LogP contribution in [0.25, 0.3) is 0 Å². The molecule has 0 fully saturated rings. The van der Waals surface area contributed by atoms with E-state index in [1.165, 1.54) is 0 Å². The molecule has 3 nitrogen and oxygen atoms in total. The van der Waals surface area contributed by atoms with Gasteiger partial charge in [0.05, 0.1) is 0 Å². The van der Waals surface area contributed by atoms with E-state index < -0.39 is 5.97 Å². The van der Waals surface area contributed by atoms with Gasteiger partial charge in [0.2, 0.25) is 0 Å². The molecule has 0 aromatic heterocycles. The largest absolute Gasteiger partial charge is 0.481 e. The van der Waals surface area contributed by atoms with E-state index in [-0.39, 0.29) is 12.5 Å². The Morgan fingerprint density at radius 3 is 2.81 bits per heavy atom. The van der Waals surface area contributed by atoms with E-state index in [2.05, 4.69) is 0 Å². The maximum absolute atomic E-state index is 10.4. The number of halogens is 1. The van der Waals surface area contributed by atoms with E-state index >= 15 is 0 Å². The first-order valence-electron chi connectivity index (χ1n) is 4.84. The minimum absolute atomic E-state index is 0.0717. The first-order valence-corrected chi connectivity index (χ1v) is 6.45. The predicted molar refractivity (Wildman–Crippen MR) is 67.0 cm³/mol. The molecule has 0 saturated heterocycles. The van der Waals surface area contributed by atoms with Crippen molar-refractivity contribution in [2.75, 3.05) is 6.26 Å². The third-order valence-electron chi connectivity index (χ3n) is 2.23. The van der Waals surface area contributed by atoms with E-state index in [0.717, 1.165) is 10.5 Å². The minimum atomic E-state index is -0.831. The quantitative estimate of drug-likeness (QED) is 0.798. The summed E-state index contributed by atoms with van der Waals surface area (Å²) in [6.07, 6.45) is 2.45. The fourth-order valence-corrected chi connectivity index (χ4v) is 2.17. The lowest BCUT2D eigenvalue weighted by Gasteiger charge is -2.12. The summed E-state index contributed by atoms with van der Waals surface area (Å²) in [5.74, 6) is -0.831. The second-order valence-corrected chi connectivity index (χ2v) is 4.78. The molecule has 1 aromatic rings. The fraction of sp³-hybridized carbons (Fsp3) is 0.364. The molecule has 0 amide bonds. The molecule has 88 valence electrons. The highest BCUT2D eigenvalue weighted by molar-refractivity contribution is 7.98. The molecule has 0 radical (unpaired) electrons. The maximum Gasteiger partial charge on any atom is 0.303 e. The highest BCUT2D eigenvalue weighted by Crippen LogP contribution is 2.26. The van der Waals surface area contributed by atoms with Gasteiger partial charge in [0.15, 0.2) is 0 Å². The van der Waals surface area contributed by atoms with Gasteiger partial charge >= 0.3 is 5.97 Å². The SMILES string of the molecule is CSc1cc(Cl)cc(C(N)CCC(=O)O)c1. The first-order chi connectivity index (χ1) is 7.52. The number of carbonyl (C=O) groups is 1. The van der Waals surface area contributed by atoms with Crippen LogP contribution in [0.4, 0.5) is 0 Å². The molecule has 0 bridgehead atoms. The molecule has 1 atom stereocenters. The number of aliphatic carboxylic acids is 1. The van der Waals surface area contributed by atoms with Crippen molar-refractivity contribution in [2.45, 2.75) is 23.8 Å². The zero-order valence-electron chi connectivity index (χ0n) is 8.94. The topological polar surface area (TPSA) is 63.3 Å². The third-order valence-corrected chi connectivity index (χ3v) is 3.15. The van der Waals surface area contributed by atoms with Crippen LogP contribution >= 0.6 is 23.4 Å². The summed E-state index contributed by atoms with van der Waals surface area (Å²) in [4.78, 5) is 11.5. The van der Waals surface area contributed by atoms with Gasteiger partial charge < -0.3 is 10.8 Å². The van der Waals surface area contributed by atoms with Crippen LogP contribution in [0.5, 0.6) is 0 Å². The summed E-state index contributed by atoms with van der Waals surface area (Å²) in [6, 6.07) is 5.32. The van der Waals surface area contributed by atoms with Gasteiger partial charge in [-0.2, -0.15) is 0 Å². The number of nitrogens with two attached hydrogens (primary N) is 1. The van der Waals surface area contributed by atoms with Crippen molar-refractivity contribution < 1.29 is 9.90 Å². The highest BCUT2D eigenvalue weighted by Gasteiger charge is 2.10. The molecule has 1 rings (SSSR count). The van der Waals surface area contributed by atoms with E-state index in [1.807, 2.05) is 18.4 Å². The second-order valence-electron chi connectivity index (χ2n) is 3.46. The summed E-state index contributed by atoms with van der Waals surface area (Å²) < 4.78 is 0. The van der Waals surface area contributed by atoms with Crippen LogP contribution < -0.4 is 5.73 Å². The van der Waals surface area contributed by atoms with Gasteiger partial charge in [-0.3, -0.25) is 4.79 Å². The van der Waals surface area contributed by atoms with Gasteiger partial charge in [-0.25, -0.2) is 0 Å². The molecule has 5 heteroatoms. The van der Waals surface area contributed by atoms with Gasteiger partial charge in [-0.15, -0.1) is 11.8 Å². The smallest absolute Gasteiger partial charge is 0.303 e. The molecular formula is C11H14ClNO2S. The lowest BCUT2D eigenvalue weighted by Crippen LogP contribution is -2.12. The molecule has 0 spiro atoms. The average molecular weight is 260 g/mol. The Bertz CT molecular complexity index is 384. The Labute approximate surface area is 104 Å². The van der Waals surface area contributed by atoms with Crippen molar-refractivity contribution in [3.05, 3.63) is 28.8 Å². The molecule has 1 unspecified atom stereocenters. The normalized spacial score (nSPS) is 12.4. The number of thioether (sulfide) groups is 1. The van der Waals surface area contributed by atoms with E-state index in [9.17, 15) is 4.79 Å². The Morgan fingerprint density at radius 1 is 1.56 bits per heavy atom. The fourth-order valence-electron chi connectivity index (χ4n) is 1.36. The van der Waals surface area contributed by atoms with Crippen LogP contribution in [0.3, 0.4) is 0 Å². The van der Waals surface area contributed by atoms with E-state index in [0.29, 0.717) is 11.4 Å². The highest BCUT2D eigenvalue weighted by atomic mass is 35.5. The van der Waals surface area contributed by atoms with Gasteiger partial charge in [0.25, 0.3) is 0 Å². The van der Waals surface area contributed by atoms with Crippen LogP contribution in [0, 0.1) is 0 Å². The first kappa shape index (κ1) is 13.4. The minimum Gasteiger partial charge on any atom is -0.481 e. The number of hydrogen-bond acceptors (Lipinski definition) is 3. The Hall–Kier alpha value is -0.710. The number of hydrogen-bond donors (Lipinski definition) is 2. The second kappa shape index (κ2) is 6.13. The lowest BCUT2D eigenvalue weighted by molar-refractivity contribution is -0.137. The third kappa shape index (κ3) is 4.04. The van der Waals surface area contributed by atoms with Crippen molar-refractivity contribution in [1.82, 2.24) is 0 Å². The van der Waals surface area contributed by atoms with Crippen LogP contribution in [0.2, 0.25) is 5.02 Å². The van der Waals surface area contributed by atoms with Crippen molar-refractivity contribution in [3.8, 4) is 0 Å². The predicted octanol–water partition coefficient (Wildman–Crippen LogP) is 2.93. The van der Waals surface area contributed by atoms with Crippen LogP contribution in [-0.4, -0.2) is 17.3 Å². The molecule has 0 aliphatic carbocycles. The number of carboxylic acids is 1. The van der Waals surface area contributed by atoms with Gasteiger partial charge in [-0.1, -0.05) is 11.6 Å². The molecule has 3 N–H and O–H groups in total. The average Bonchev–Trinajstić information content (AvgIpc) is 2.24. The van der Waals surface area contributed by atoms with Crippen LogP contribution in [-0.2, 0) is 4.79 Å². The summed E-state index contributed by atoms with van der Waals surface area (Å²) in [7, 11) is 0. The number of benzene rings is 1. The van der Waals surface area contributed by atoms with Gasteiger partial charge in [0, 0.05) is 22.4 Å². The molecule has 1 aromatic carbocycles. The Morgan fingerprint density at radius 2 is 2.25 bits per heavy atom. The van der Waals surface area contributed by atoms with Gasteiger partial charge in [-0.05, 0) is 36.4 Å². The Kier molecular flexibility index (Phi) is 5.12. The monoisotopic (exact) mass is 259 g/mol. The number of carboxylic acid groups (broad SMARTS) is 1. The van der Waals surface area contributed by atoms with Crippen molar-refractivity contribution in [1.29, 1.82) is 0 Å². The molecular weight excluding hydrogens is 246 g/mol. The standard InChI is InChI=1S/C11H14ClNO2S/c1-16-9-5-7(4-8(12)6-9)10(13)2-3-11(14)15/h4-6,10H,2-3,13H2,1H3,(H,14,15). The summed E-state index contributed by atoms with van der Waals surface area (Å²) in [5, 5.41) is 9.21. The van der Waals surface area contributed by atoms with Crippen molar-refractivity contribution >= 4 is 29.3 Å². The van der Waals surface area contributed by atoms with Gasteiger partial charge in [0.1, 0.15) is 0 Å². The molecule has 16 heavy (non-hydrogen) atoms. The van der Waals surface area contributed by atoms with E-state index in [4.69, 9.17) is 22.4 Å². The molecule has 0 aliphatic heterocycles. The van der Waals surface area contributed by atoms with Crippen molar-refractivity contribution in [2.24, 2.45) is 5.73 Å². The molecule has 0 heterocycles. The van der Waals surface area contributed by atoms with E-state index in [1.54, 1.807) is 17.8 Å². The summed E-state index contributed by atoms with van der Waals surface area (Å²) in [5.41, 5.74) is 6.79. The van der Waals surface area contributed by atoms with Crippen LogP contribution in [0.15, 0.2) is 23.1 Å². The zero-order chi connectivity index (χ0) is 12.1. The summed E-state index contributed by atoms with van der Waals surface area (Å²) >= 11 is 7.53. The summed E-state index contributed by atoms with van der Waals surface area (Å²) in [6.45, 7) is 0. The Balaban J connectivity index is 2.77. The molecule has 0 saturated carbocycles. The maximum atomic E-state index is 10.4. The van der Waals surface area contributed by atoms with Crippen LogP contribution in [0.1, 0.15) is 24.4 Å². The molecule has 0 aliphatic rings. The number of rotatable bonds is 5. The zero-order valence-corrected chi connectivity index (χ0v) is 10.5. The van der Waals surface area contributed by atoms with Crippen molar-refractivity contribution in [3.63, 3.8) is 0 Å².